The summed E-state index contributed by atoms with van der Waals surface area (Å²) in [6, 6.07) is 2.51. The number of piperidine rings is 1. The average Bonchev–Trinajstić information content (AvgIpc) is 2.23. The van der Waals surface area contributed by atoms with Crippen molar-refractivity contribution in [2.75, 3.05) is 13.1 Å². The molecule has 2 heteroatoms. The SMILES string of the molecule is CCC(C#N)(CC)N1CCCCC1. The molecular formula is C11H20N2. The first-order chi connectivity index (χ1) is 6.29. The Labute approximate surface area is 81.5 Å². The van der Waals surface area contributed by atoms with Crippen LogP contribution in [0.4, 0.5) is 0 Å². The van der Waals surface area contributed by atoms with Crippen molar-refractivity contribution in [3.63, 3.8) is 0 Å². The Morgan fingerprint density at radius 1 is 1.15 bits per heavy atom. The van der Waals surface area contributed by atoms with Crippen molar-refractivity contribution >= 4 is 0 Å². The molecule has 13 heavy (non-hydrogen) atoms. The van der Waals surface area contributed by atoms with Crippen LogP contribution >= 0.6 is 0 Å². The van der Waals surface area contributed by atoms with E-state index in [4.69, 9.17) is 0 Å². The average molecular weight is 180 g/mol. The Kier molecular flexibility index (Phi) is 3.74. The summed E-state index contributed by atoms with van der Waals surface area (Å²) >= 11 is 0. The van der Waals surface area contributed by atoms with Crippen molar-refractivity contribution in [3.05, 3.63) is 0 Å². The zero-order chi connectivity index (χ0) is 9.73. The van der Waals surface area contributed by atoms with Gasteiger partial charge in [0.25, 0.3) is 0 Å². The highest BCUT2D eigenvalue weighted by atomic mass is 15.2. The summed E-state index contributed by atoms with van der Waals surface area (Å²) in [6.45, 7) is 6.49. The minimum atomic E-state index is -0.166. The van der Waals surface area contributed by atoms with Gasteiger partial charge in [-0.15, -0.1) is 0 Å². The van der Waals surface area contributed by atoms with Crippen molar-refractivity contribution in [1.29, 1.82) is 5.26 Å². The van der Waals surface area contributed by atoms with Gasteiger partial charge in [-0.25, -0.2) is 0 Å². The third-order valence-corrected chi connectivity index (χ3v) is 3.34. The van der Waals surface area contributed by atoms with Crippen molar-refractivity contribution in [2.45, 2.75) is 51.5 Å². The molecule has 2 nitrogen and oxygen atoms in total. The number of nitrogens with zero attached hydrogens (tertiary/aromatic N) is 2. The molecule has 74 valence electrons. The molecule has 0 bridgehead atoms. The van der Waals surface area contributed by atoms with Crippen LogP contribution in [0.15, 0.2) is 0 Å². The highest BCUT2D eigenvalue weighted by Gasteiger charge is 2.33. The standard InChI is InChI=1S/C11H20N2/c1-3-11(4-2,10-12)13-8-6-5-7-9-13/h3-9H2,1-2H3. The highest BCUT2D eigenvalue weighted by Crippen LogP contribution is 2.26. The second-order valence-electron chi connectivity index (χ2n) is 3.90. The molecule has 0 radical (unpaired) electrons. The van der Waals surface area contributed by atoms with Gasteiger partial charge in [0.05, 0.1) is 6.07 Å². The van der Waals surface area contributed by atoms with Crippen molar-refractivity contribution in [1.82, 2.24) is 4.90 Å². The molecule has 0 aromatic heterocycles. The molecule has 1 aliphatic heterocycles. The van der Waals surface area contributed by atoms with Gasteiger partial charge in [0.2, 0.25) is 0 Å². The molecule has 1 fully saturated rings. The van der Waals surface area contributed by atoms with Crippen LogP contribution in [0, 0.1) is 11.3 Å². The third kappa shape index (κ3) is 2.03. The fourth-order valence-corrected chi connectivity index (χ4v) is 2.25. The fourth-order valence-electron chi connectivity index (χ4n) is 2.25. The van der Waals surface area contributed by atoms with Crippen LogP contribution in [0.1, 0.15) is 46.0 Å². The molecule has 1 rings (SSSR count). The zero-order valence-corrected chi connectivity index (χ0v) is 8.84. The van der Waals surface area contributed by atoms with Crippen LogP contribution < -0.4 is 0 Å². The van der Waals surface area contributed by atoms with Gasteiger partial charge in [0, 0.05) is 0 Å². The molecule has 0 aliphatic carbocycles. The highest BCUT2D eigenvalue weighted by molar-refractivity contribution is 5.07. The lowest BCUT2D eigenvalue weighted by Gasteiger charge is -2.40. The molecule has 0 unspecified atom stereocenters. The summed E-state index contributed by atoms with van der Waals surface area (Å²) in [5, 5.41) is 9.24. The molecule has 1 saturated heterocycles. The maximum absolute atomic E-state index is 9.24. The molecule has 0 spiro atoms. The number of nitriles is 1. The quantitative estimate of drug-likeness (QED) is 0.667. The first kappa shape index (κ1) is 10.5. The minimum absolute atomic E-state index is 0.166. The minimum Gasteiger partial charge on any atom is -0.286 e. The van der Waals surface area contributed by atoms with E-state index in [-0.39, 0.29) is 5.54 Å². The fraction of sp³-hybridized carbons (Fsp3) is 0.909. The van der Waals surface area contributed by atoms with E-state index < -0.39 is 0 Å². The van der Waals surface area contributed by atoms with Crippen molar-refractivity contribution in [2.24, 2.45) is 0 Å². The monoisotopic (exact) mass is 180 g/mol. The summed E-state index contributed by atoms with van der Waals surface area (Å²) in [5.41, 5.74) is -0.166. The molecular weight excluding hydrogens is 160 g/mol. The van der Waals surface area contributed by atoms with Crippen LogP contribution in [0.3, 0.4) is 0 Å². The van der Waals surface area contributed by atoms with Gasteiger partial charge in [-0.3, -0.25) is 4.90 Å². The normalized spacial score (nSPS) is 19.8. The summed E-state index contributed by atoms with van der Waals surface area (Å²) in [4.78, 5) is 2.39. The second-order valence-corrected chi connectivity index (χ2v) is 3.90. The summed E-state index contributed by atoms with van der Waals surface area (Å²) in [7, 11) is 0. The van der Waals surface area contributed by atoms with E-state index in [0.29, 0.717) is 0 Å². The van der Waals surface area contributed by atoms with E-state index in [2.05, 4.69) is 24.8 Å². The first-order valence-corrected chi connectivity index (χ1v) is 5.45. The van der Waals surface area contributed by atoms with Crippen LogP contribution in [0.5, 0.6) is 0 Å². The van der Waals surface area contributed by atoms with Gasteiger partial charge < -0.3 is 0 Å². The summed E-state index contributed by atoms with van der Waals surface area (Å²) in [5.74, 6) is 0. The maximum atomic E-state index is 9.24. The smallest absolute Gasteiger partial charge is 0.108 e. The van der Waals surface area contributed by atoms with E-state index in [9.17, 15) is 5.26 Å². The summed E-state index contributed by atoms with van der Waals surface area (Å²) in [6.07, 6.45) is 5.79. The van der Waals surface area contributed by atoms with Crippen LogP contribution in [-0.4, -0.2) is 23.5 Å². The van der Waals surface area contributed by atoms with Gasteiger partial charge in [-0.2, -0.15) is 5.26 Å². The van der Waals surface area contributed by atoms with Crippen molar-refractivity contribution in [3.8, 4) is 6.07 Å². The van der Waals surface area contributed by atoms with Gasteiger partial charge in [0.15, 0.2) is 0 Å². The molecule has 0 aromatic carbocycles. The van der Waals surface area contributed by atoms with E-state index >= 15 is 0 Å². The van der Waals surface area contributed by atoms with E-state index in [0.717, 1.165) is 25.9 Å². The Hall–Kier alpha value is -0.550. The van der Waals surface area contributed by atoms with E-state index in [1.54, 1.807) is 0 Å². The lowest BCUT2D eigenvalue weighted by Crippen LogP contribution is -2.49. The third-order valence-electron chi connectivity index (χ3n) is 3.34. The first-order valence-electron chi connectivity index (χ1n) is 5.45. The lowest BCUT2D eigenvalue weighted by molar-refractivity contribution is 0.103. The number of rotatable bonds is 3. The second kappa shape index (κ2) is 4.62. The summed E-state index contributed by atoms with van der Waals surface area (Å²) < 4.78 is 0. The lowest BCUT2D eigenvalue weighted by atomic mass is 9.90. The molecule has 1 heterocycles. The Balaban J connectivity index is 2.68. The Morgan fingerprint density at radius 2 is 1.69 bits per heavy atom. The number of likely N-dealkylation sites (tertiary alicyclic amines) is 1. The van der Waals surface area contributed by atoms with E-state index in [1.807, 2.05) is 0 Å². The number of hydrogen-bond acceptors (Lipinski definition) is 2. The molecule has 0 N–H and O–H groups in total. The van der Waals surface area contributed by atoms with E-state index in [1.165, 1.54) is 19.3 Å². The topological polar surface area (TPSA) is 27.0 Å². The molecule has 1 aliphatic rings. The van der Waals surface area contributed by atoms with Crippen LogP contribution in [-0.2, 0) is 0 Å². The van der Waals surface area contributed by atoms with Gasteiger partial charge in [-0.1, -0.05) is 20.3 Å². The van der Waals surface area contributed by atoms with Gasteiger partial charge >= 0.3 is 0 Å². The van der Waals surface area contributed by atoms with Gasteiger partial charge in [-0.05, 0) is 38.8 Å². The largest absolute Gasteiger partial charge is 0.286 e. The maximum Gasteiger partial charge on any atom is 0.108 e. The predicted octanol–water partition coefficient (Wildman–Crippen LogP) is 2.55. The Bertz CT molecular complexity index is 183. The molecule has 0 saturated carbocycles. The van der Waals surface area contributed by atoms with Gasteiger partial charge in [0.1, 0.15) is 5.54 Å². The molecule has 0 aromatic rings. The zero-order valence-electron chi connectivity index (χ0n) is 8.84. The molecule has 0 amide bonds. The van der Waals surface area contributed by atoms with Crippen LogP contribution in [0.2, 0.25) is 0 Å². The Morgan fingerprint density at radius 3 is 2.08 bits per heavy atom. The predicted molar refractivity (Wildman–Crippen MR) is 54.4 cm³/mol. The van der Waals surface area contributed by atoms with Crippen LogP contribution in [0.25, 0.3) is 0 Å². The molecule has 0 atom stereocenters. The number of hydrogen-bond donors (Lipinski definition) is 0. The van der Waals surface area contributed by atoms with Crippen molar-refractivity contribution < 1.29 is 0 Å².